The van der Waals surface area contributed by atoms with E-state index in [-0.39, 0.29) is 0 Å². The SMILES string of the molecule is Cc1ccccc1N1CCNCC12CCCC2. The topological polar surface area (TPSA) is 15.3 Å². The molecule has 1 saturated heterocycles. The second kappa shape index (κ2) is 4.34. The summed E-state index contributed by atoms with van der Waals surface area (Å²) in [4.78, 5) is 2.69. The van der Waals surface area contributed by atoms with Gasteiger partial charge in [0.1, 0.15) is 0 Å². The molecule has 2 fully saturated rings. The number of nitrogens with one attached hydrogen (secondary N) is 1. The molecular weight excluding hydrogens is 208 g/mol. The molecule has 1 aromatic carbocycles. The highest BCUT2D eigenvalue weighted by Gasteiger charge is 2.41. The van der Waals surface area contributed by atoms with Crippen LogP contribution in [0.3, 0.4) is 0 Å². The minimum atomic E-state index is 0.407. The summed E-state index contributed by atoms with van der Waals surface area (Å²) in [6.07, 6.45) is 5.50. The first-order valence-corrected chi connectivity index (χ1v) is 6.86. The molecule has 92 valence electrons. The Morgan fingerprint density at radius 3 is 2.71 bits per heavy atom. The minimum Gasteiger partial charge on any atom is -0.363 e. The molecule has 17 heavy (non-hydrogen) atoms. The monoisotopic (exact) mass is 230 g/mol. The van der Waals surface area contributed by atoms with Crippen LogP contribution in [0.25, 0.3) is 0 Å². The molecule has 0 aromatic heterocycles. The van der Waals surface area contributed by atoms with E-state index >= 15 is 0 Å². The molecule has 1 aromatic rings. The summed E-state index contributed by atoms with van der Waals surface area (Å²) in [5.74, 6) is 0. The van der Waals surface area contributed by atoms with Crippen molar-refractivity contribution < 1.29 is 0 Å². The minimum absolute atomic E-state index is 0.407. The lowest BCUT2D eigenvalue weighted by Crippen LogP contribution is -2.60. The van der Waals surface area contributed by atoms with Gasteiger partial charge in [-0.05, 0) is 31.4 Å². The Balaban J connectivity index is 1.97. The van der Waals surface area contributed by atoms with Crippen molar-refractivity contribution in [3.05, 3.63) is 29.8 Å². The molecule has 0 amide bonds. The van der Waals surface area contributed by atoms with Gasteiger partial charge >= 0.3 is 0 Å². The van der Waals surface area contributed by atoms with E-state index in [9.17, 15) is 0 Å². The zero-order valence-electron chi connectivity index (χ0n) is 10.7. The Morgan fingerprint density at radius 1 is 1.18 bits per heavy atom. The molecule has 2 nitrogen and oxygen atoms in total. The van der Waals surface area contributed by atoms with Crippen molar-refractivity contribution in [1.29, 1.82) is 0 Å². The van der Waals surface area contributed by atoms with Crippen LogP contribution in [0.1, 0.15) is 31.2 Å². The van der Waals surface area contributed by atoms with Crippen molar-refractivity contribution in [3.63, 3.8) is 0 Å². The number of hydrogen-bond acceptors (Lipinski definition) is 2. The fourth-order valence-electron chi connectivity index (χ4n) is 3.57. The quantitative estimate of drug-likeness (QED) is 0.798. The van der Waals surface area contributed by atoms with Crippen molar-refractivity contribution >= 4 is 5.69 Å². The van der Waals surface area contributed by atoms with Gasteiger partial charge < -0.3 is 10.2 Å². The van der Waals surface area contributed by atoms with Gasteiger partial charge in [0.15, 0.2) is 0 Å². The van der Waals surface area contributed by atoms with E-state index in [1.807, 2.05) is 0 Å². The second-order valence-electron chi connectivity index (χ2n) is 5.55. The van der Waals surface area contributed by atoms with Crippen molar-refractivity contribution in [1.82, 2.24) is 5.32 Å². The summed E-state index contributed by atoms with van der Waals surface area (Å²) < 4.78 is 0. The second-order valence-corrected chi connectivity index (χ2v) is 5.55. The van der Waals surface area contributed by atoms with Crippen LogP contribution in [0.2, 0.25) is 0 Å². The summed E-state index contributed by atoms with van der Waals surface area (Å²) in [5, 5.41) is 3.60. The highest BCUT2D eigenvalue weighted by atomic mass is 15.3. The van der Waals surface area contributed by atoms with E-state index in [1.165, 1.54) is 43.5 Å². The summed E-state index contributed by atoms with van der Waals surface area (Å²) in [5.41, 5.74) is 3.28. The highest BCUT2D eigenvalue weighted by molar-refractivity contribution is 5.56. The highest BCUT2D eigenvalue weighted by Crippen LogP contribution is 2.39. The summed E-state index contributed by atoms with van der Waals surface area (Å²) in [6, 6.07) is 8.84. The third kappa shape index (κ3) is 1.85. The predicted molar refractivity (Wildman–Crippen MR) is 72.6 cm³/mol. The first-order chi connectivity index (χ1) is 8.32. The van der Waals surface area contributed by atoms with Crippen LogP contribution in [0.15, 0.2) is 24.3 Å². The average molecular weight is 230 g/mol. The number of piperazine rings is 1. The van der Waals surface area contributed by atoms with Gasteiger partial charge in [-0.15, -0.1) is 0 Å². The largest absolute Gasteiger partial charge is 0.363 e. The molecule has 2 heteroatoms. The number of hydrogen-bond donors (Lipinski definition) is 1. The molecule has 3 rings (SSSR count). The van der Waals surface area contributed by atoms with E-state index in [0.717, 1.165) is 13.1 Å². The van der Waals surface area contributed by atoms with Crippen LogP contribution in [0.4, 0.5) is 5.69 Å². The molecule has 1 aliphatic carbocycles. The van der Waals surface area contributed by atoms with Gasteiger partial charge in [0, 0.05) is 25.3 Å². The molecule has 2 aliphatic rings. The number of nitrogens with zero attached hydrogens (tertiary/aromatic N) is 1. The van der Waals surface area contributed by atoms with E-state index in [4.69, 9.17) is 0 Å². The summed E-state index contributed by atoms with van der Waals surface area (Å²) in [7, 11) is 0. The van der Waals surface area contributed by atoms with Gasteiger partial charge in [0.05, 0.1) is 5.54 Å². The third-order valence-electron chi connectivity index (χ3n) is 4.48. The predicted octanol–water partition coefficient (Wildman–Crippen LogP) is 2.72. The van der Waals surface area contributed by atoms with E-state index < -0.39 is 0 Å². The molecular formula is C15H22N2. The Hall–Kier alpha value is -1.02. The van der Waals surface area contributed by atoms with Crippen LogP contribution < -0.4 is 10.2 Å². The number of rotatable bonds is 1. The van der Waals surface area contributed by atoms with E-state index in [2.05, 4.69) is 41.4 Å². The number of para-hydroxylation sites is 1. The normalized spacial score (nSPS) is 23.2. The maximum atomic E-state index is 3.60. The standard InChI is InChI=1S/C15H22N2/c1-13-6-2-3-7-14(13)17-11-10-16-12-15(17)8-4-5-9-15/h2-3,6-7,16H,4-5,8-12H2,1H3. The Labute approximate surface area is 104 Å². The van der Waals surface area contributed by atoms with Gasteiger partial charge in [0.25, 0.3) is 0 Å². The zero-order chi connectivity index (χ0) is 11.7. The number of aryl methyl sites for hydroxylation is 1. The summed E-state index contributed by atoms with van der Waals surface area (Å²) >= 11 is 0. The summed E-state index contributed by atoms with van der Waals surface area (Å²) in [6.45, 7) is 5.68. The number of benzene rings is 1. The van der Waals surface area contributed by atoms with Crippen LogP contribution >= 0.6 is 0 Å². The fraction of sp³-hybridized carbons (Fsp3) is 0.600. The molecule has 1 spiro atoms. The first-order valence-electron chi connectivity index (χ1n) is 6.86. The van der Waals surface area contributed by atoms with E-state index in [1.54, 1.807) is 0 Å². The first kappa shape index (κ1) is 11.1. The maximum Gasteiger partial charge on any atom is 0.0527 e. The Bertz CT molecular complexity index is 394. The average Bonchev–Trinajstić information content (AvgIpc) is 2.80. The lowest BCUT2D eigenvalue weighted by molar-refractivity contribution is 0.332. The molecule has 1 aliphatic heterocycles. The lowest BCUT2D eigenvalue weighted by Gasteiger charge is -2.47. The van der Waals surface area contributed by atoms with E-state index in [0.29, 0.717) is 5.54 Å². The van der Waals surface area contributed by atoms with Crippen LogP contribution in [-0.4, -0.2) is 25.2 Å². The molecule has 0 atom stereocenters. The smallest absolute Gasteiger partial charge is 0.0527 e. The molecule has 1 N–H and O–H groups in total. The van der Waals surface area contributed by atoms with Gasteiger partial charge in [0.2, 0.25) is 0 Å². The third-order valence-corrected chi connectivity index (χ3v) is 4.48. The van der Waals surface area contributed by atoms with Crippen molar-refractivity contribution in [2.24, 2.45) is 0 Å². The van der Waals surface area contributed by atoms with Crippen molar-refractivity contribution in [2.45, 2.75) is 38.1 Å². The van der Waals surface area contributed by atoms with Gasteiger partial charge in [-0.1, -0.05) is 31.0 Å². The maximum absolute atomic E-state index is 3.60. The molecule has 1 heterocycles. The van der Waals surface area contributed by atoms with Crippen molar-refractivity contribution in [3.8, 4) is 0 Å². The van der Waals surface area contributed by atoms with Gasteiger partial charge in [-0.2, -0.15) is 0 Å². The van der Waals surface area contributed by atoms with Crippen molar-refractivity contribution in [2.75, 3.05) is 24.5 Å². The number of anilines is 1. The lowest BCUT2D eigenvalue weighted by atomic mass is 9.91. The van der Waals surface area contributed by atoms with Crippen LogP contribution in [0, 0.1) is 6.92 Å². The van der Waals surface area contributed by atoms with Gasteiger partial charge in [-0.25, -0.2) is 0 Å². The van der Waals surface area contributed by atoms with Gasteiger partial charge in [-0.3, -0.25) is 0 Å². The Kier molecular flexibility index (Phi) is 2.83. The molecule has 0 radical (unpaired) electrons. The fourth-order valence-corrected chi connectivity index (χ4v) is 3.57. The van der Waals surface area contributed by atoms with Crippen LogP contribution in [-0.2, 0) is 0 Å². The molecule has 0 bridgehead atoms. The van der Waals surface area contributed by atoms with Crippen LogP contribution in [0.5, 0.6) is 0 Å². The molecule has 0 unspecified atom stereocenters. The molecule has 1 saturated carbocycles. The Morgan fingerprint density at radius 2 is 1.94 bits per heavy atom. The zero-order valence-corrected chi connectivity index (χ0v) is 10.7.